The zero-order valence-corrected chi connectivity index (χ0v) is 14.2. The SMILES string of the molecule is Cc1cc(C(Br)c2ccc(Cl)c(Br)c2)c(C)s1. The van der Waals surface area contributed by atoms with Gasteiger partial charge >= 0.3 is 0 Å². The summed E-state index contributed by atoms with van der Waals surface area (Å²) in [6.07, 6.45) is 0. The van der Waals surface area contributed by atoms with Crippen molar-refractivity contribution in [3.05, 3.63) is 54.6 Å². The van der Waals surface area contributed by atoms with Gasteiger partial charge in [0.05, 0.1) is 9.85 Å². The van der Waals surface area contributed by atoms with Gasteiger partial charge in [-0.2, -0.15) is 0 Å². The summed E-state index contributed by atoms with van der Waals surface area (Å²) in [7, 11) is 0. The Morgan fingerprint density at radius 1 is 1.24 bits per heavy atom. The lowest BCUT2D eigenvalue weighted by Crippen LogP contribution is -1.92. The Kier molecular flexibility index (Phi) is 4.35. The van der Waals surface area contributed by atoms with E-state index in [4.69, 9.17) is 11.6 Å². The first-order valence-electron chi connectivity index (χ1n) is 5.15. The Bertz CT molecular complexity index is 548. The first-order valence-corrected chi connectivity index (χ1v) is 8.05. The molecule has 2 aromatic rings. The monoisotopic (exact) mass is 392 g/mol. The van der Waals surface area contributed by atoms with Crippen molar-refractivity contribution in [3.63, 3.8) is 0 Å². The summed E-state index contributed by atoms with van der Waals surface area (Å²) < 4.78 is 0.936. The van der Waals surface area contributed by atoms with Crippen molar-refractivity contribution in [2.45, 2.75) is 18.7 Å². The fraction of sp³-hybridized carbons (Fsp3) is 0.231. The molecule has 17 heavy (non-hydrogen) atoms. The van der Waals surface area contributed by atoms with E-state index >= 15 is 0 Å². The topological polar surface area (TPSA) is 0 Å². The van der Waals surface area contributed by atoms with Gasteiger partial charge in [0.1, 0.15) is 0 Å². The third kappa shape index (κ3) is 2.95. The minimum absolute atomic E-state index is 0.223. The van der Waals surface area contributed by atoms with Crippen molar-refractivity contribution < 1.29 is 0 Å². The molecular weight excluding hydrogens is 383 g/mol. The van der Waals surface area contributed by atoms with Crippen LogP contribution in [0.2, 0.25) is 5.02 Å². The van der Waals surface area contributed by atoms with Crippen LogP contribution in [-0.4, -0.2) is 0 Å². The predicted octanol–water partition coefficient (Wildman–Crippen LogP) is 6.27. The van der Waals surface area contributed by atoms with Crippen molar-refractivity contribution in [2.24, 2.45) is 0 Å². The third-order valence-electron chi connectivity index (χ3n) is 2.59. The number of hydrogen-bond donors (Lipinski definition) is 0. The lowest BCUT2D eigenvalue weighted by Gasteiger charge is -2.11. The van der Waals surface area contributed by atoms with Crippen LogP contribution in [0.1, 0.15) is 25.7 Å². The van der Waals surface area contributed by atoms with Crippen LogP contribution < -0.4 is 0 Å². The van der Waals surface area contributed by atoms with Gasteiger partial charge in [-0.25, -0.2) is 0 Å². The summed E-state index contributed by atoms with van der Waals surface area (Å²) in [4.78, 5) is 2.92. The Labute approximate surface area is 127 Å². The molecule has 2 rings (SSSR count). The van der Waals surface area contributed by atoms with Crippen molar-refractivity contribution >= 4 is 54.8 Å². The van der Waals surface area contributed by atoms with Crippen LogP contribution in [0.15, 0.2) is 28.7 Å². The highest BCUT2D eigenvalue weighted by molar-refractivity contribution is 9.10. The van der Waals surface area contributed by atoms with E-state index in [1.165, 1.54) is 20.9 Å². The van der Waals surface area contributed by atoms with Crippen LogP contribution in [0.3, 0.4) is 0 Å². The fourth-order valence-electron chi connectivity index (χ4n) is 1.75. The average Bonchev–Trinajstić information content (AvgIpc) is 2.61. The van der Waals surface area contributed by atoms with Crippen LogP contribution in [0.5, 0.6) is 0 Å². The van der Waals surface area contributed by atoms with Crippen molar-refractivity contribution in [1.82, 2.24) is 0 Å². The van der Waals surface area contributed by atoms with E-state index in [-0.39, 0.29) is 4.83 Å². The van der Waals surface area contributed by atoms with Gasteiger partial charge in [-0.15, -0.1) is 11.3 Å². The van der Waals surface area contributed by atoms with Crippen LogP contribution >= 0.6 is 54.8 Å². The second-order valence-corrected chi connectivity index (χ2v) is 7.54. The molecule has 0 radical (unpaired) electrons. The molecule has 0 saturated carbocycles. The molecule has 0 aliphatic heterocycles. The molecule has 0 spiro atoms. The van der Waals surface area contributed by atoms with Gasteiger partial charge in [-0.05, 0) is 59.1 Å². The standard InChI is InChI=1S/C13H11Br2ClS/c1-7-5-10(8(2)17-7)13(15)9-3-4-12(16)11(14)6-9/h3-6,13H,1-2H3. The number of halogens is 3. The Balaban J connectivity index is 2.40. The molecule has 0 nitrogen and oxygen atoms in total. The van der Waals surface area contributed by atoms with Gasteiger partial charge in [0.15, 0.2) is 0 Å². The molecule has 1 unspecified atom stereocenters. The smallest absolute Gasteiger partial charge is 0.0655 e. The molecule has 1 atom stereocenters. The molecule has 0 amide bonds. The van der Waals surface area contributed by atoms with Crippen molar-refractivity contribution in [1.29, 1.82) is 0 Å². The molecule has 1 aromatic carbocycles. The Morgan fingerprint density at radius 2 is 1.94 bits per heavy atom. The summed E-state index contributed by atoms with van der Waals surface area (Å²) >= 11 is 15.1. The van der Waals surface area contributed by atoms with Crippen molar-refractivity contribution in [2.75, 3.05) is 0 Å². The molecule has 0 saturated heterocycles. The minimum Gasteiger partial charge on any atom is -0.146 e. The van der Waals surface area contributed by atoms with E-state index in [9.17, 15) is 0 Å². The van der Waals surface area contributed by atoms with Crippen LogP contribution in [0.25, 0.3) is 0 Å². The Morgan fingerprint density at radius 3 is 2.47 bits per heavy atom. The second-order valence-electron chi connectivity index (χ2n) is 3.90. The second kappa shape index (κ2) is 5.43. The lowest BCUT2D eigenvalue weighted by atomic mass is 10.1. The highest BCUT2D eigenvalue weighted by atomic mass is 79.9. The van der Waals surface area contributed by atoms with E-state index < -0.39 is 0 Å². The maximum Gasteiger partial charge on any atom is 0.0655 e. The molecule has 0 N–H and O–H groups in total. The number of rotatable bonds is 2. The lowest BCUT2D eigenvalue weighted by molar-refractivity contribution is 1.16. The molecule has 0 bridgehead atoms. The number of benzene rings is 1. The van der Waals surface area contributed by atoms with E-state index in [2.05, 4.69) is 63.9 Å². The van der Waals surface area contributed by atoms with Gasteiger partial charge in [0, 0.05) is 14.2 Å². The van der Waals surface area contributed by atoms with Crippen molar-refractivity contribution in [3.8, 4) is 0 Å². The van der Waals surface area contributed by atoms with E-state index in [0.717, 1.165) is 9.50 Å². The average molecular weight is 395 g/mol. The predicted molar refractivity (Wildman–Crippen MR) is 83.7 cm³/mol. The van der Waals surface area contributed by atoms with Gasteiger partial charge < -0.3 is 0 Å². The zero-order chi connectivity index (χ0) is 12.6. The number of aryl methyl sites for hydroxylation is 2. The first-order chi connectivity index (χ1) is 7.99. The van der Waals surface area contributed by atoms with E-state index in [1.807, 2.05) is 17.4 Å². The third-order valence-corrected chi connectivity index (χ3v) is 5.81. The van der Waals surface area contributed by atoms with Gasteiger partial charge in [0.2, 0.25) is 0 Å². The summed E-state index contributed by atoms with van der Waals surface area (Å²) in [5.74, 6) is 0. The summed E-state index contributed by atoms with van der Waals surface area (Å²) in [6.45, 7) is 4.30. The first kappa shape index (κ1) is 13.6. The molecule has 1 aromatic heterocycles. The van der Waals surface area contributed by atoms with Crippen LogP contribution in [-0.2, 0) is 0 Å². The summed E-state index contributed by atoms with van der Waals surface area (Å²) in [5, 5.41) is 0.742. The number of thiophene rings is 1. The molecule has 0 fully saturated rings. The van der Waals surface area contributed by atoms with Gasteiger partial charge in [0.25, 0.3) is 0 Å². The van der Waals surface area contributed by atoms with Crippen LogP contribution in [0.4, 0.5) is 0 Å². The Hall–Kier alpha value is 0.170. The molecule has 1 heterocycles. The summed E-state index contributed by atoms with van der Waals surface area (Å²) in [6, 6.07) is 8.28. The molecule has 4 heteroatoms. The fourth-order valence-corrected chi connectivity index (χ4v) is 4.14. The quantitative estimate of drug-likeness (QED) is 0.527. The largest absolute Gasteiger partial charge is 0.146 e. The normalized spacial score (nSPS) is 12.8. The minimum atomic E-state index is 0.223. The van der Waals surface area contributed by atoms with E-state index in [0.29, 0.717) is 0 Å². The van der Waals surface area contributed by atoms with Crippen LogP contribution in [0, 0.1) is 13.8 Å². The van der Waals surface area contributed by atoms with Gasteiger partial charge in [-0.1, -0.05) is 33.6 Å². The maximum atomic E-state index is 6.01. The highest BCUT2D eigenvalue weighted by Crippen LogP contribution is 2.38. The number of alkyl halides is 1. The van der Waals surface area contributed by atoms with Gasteiger partial charge in [-0.3, -0.25) is 0 Å². The maximum absolute atomic E-state index is 6.01. The van der Waals surface area contributed by atoms with E-state index in [1.54, 1.807) is 0 Å². The molecule has 0 aliphatic carbocycles. The molecule has 0 aliphatic rings. The molecular formula is C13H11Br2ClS. The summed E-state index contributed by atoms with van der Waals surface area (Å²) in [5.41, 5.74) is 2.55. The zero-order valence-electron chi connectivity index (χ0n) is 9.43. The highest BCUT2D eigenvalue weighted by Gasteiger charge is 2.15. The molecule has 90 valence electrons. The number of hydrogen-bond acceptors (Lipinski definition) is 1.